The van der Waals surface area contributed by atoms with E-state index in [1.807, 2.05) is 49.5 Å². The van der Waals surface area contributed by atoms with Crippen LogP contribution in [0.5, 0.6) is 0 Å². The Labute approximate surface area is 143 Å². The lowest BCUT2D eigenvalue weighted by Gasteiger charge is -2.07. The smallest absolute Gasteiger partial charge is 0.251 e. The summed E-state index contributed by atoms with van der Waals surface area (Å²) in [5.41, 5.74) is 3.80. The topological polar surface area (TPSA) is 46.9 Å². The van der Waals surface area contributed by atoms with Crippen molar-refractivity contribution < 1.29 is 4.79 Å². The normalized spacial score (nSPS) is 10.5. The SMILES string of the molecule is Cn1ncc(Br)c1CNC(=O)c1ccc(-c2ccccc2)cc1. The van der Waals surface area contributed by atoms with Gasteiger partial charge >= 0.3 is 0 Å². The van der Waals surface area contributed by atoms with Gasteiger partial charge in [-0.25, -0.2) is 0 Å². The van der Waals surface area contributed by atoms with Crippen LogP contribution < -0.4 is 5.32 Å². The number of aryl methyl sites for hydroxylation is 1. The molecule has 0 radical (unpaired) electrons. The molecule has 1 amide bonds. The molecule has 1 N–H and O–H groups in total. The minimum Gasteiger partial charge on any atom is -0.346 e. The fraction of sp³-hybridized carbons (Fsp3) is 0.111. The molecule has 4 nitrogen and oxygen atoms in total. The van der Waals surface area contributed by atoms with Crippen LogP contribution >= 0.6 is 15.9 Å². The molecule has 2 aromatic carbocycles. The number of benzene rings is 2. The van der Waals surface area contributed by atoms with Crippen molar-refractivity contribution in [3.05, 3.63) is 76.5 Å². The highest BCUT2D eigenvalue weighted by molar-refractivity contribution is 9.10. The van der Waals surface area contributed by atoms with E-state index in [9.17, 15) is 4.79 Å². The van der Waals surface area contributed by atoms with Crippen molar-refractivity contribution in [1.82, 2.24) is 15.1 Å². The maximum atomic E-state index is 12.3. The van der Waals surface area contributed by atoms with E-state index in [-0.39, 0.29) is 5.91 Å². The number of hydrogen-bond donors (Lipinski definition) is 1. The van der Waals surface area contributed by atoms with Crippen molar-refractivity contribution >= 4 is 21.8 Å². The van der Waals surface area contributed by atoms with Gasteiger partial charge in [-0.3, -0.25) is 9.48 Å². The molecule has 23 heavy (non-hydrogen) atoms. The number of carbonyl (C=O) groups excluding carboxylic acids is 1. The van der Waals surface area contributed by atoms with Crippen LogP contribution in [0.25, 0.3) is 11.1 Å². The number of hydrogen-bond acceptors (Lipinski definition) is 2. The molecule has 0 bridgehead atoms. The molecular weight excluding hydrogens is 354 g/mol. The van der Waals surface area contributed by atoms with Crippen LogP contribution in [0.4, 0.5) is 0 Å². The second kappa shape index (κ2) is 6.79. The molecule has 0 spiro atoms. The molecule has 1 heterocycles. The Kier molecular flexibility index (Phi) is 4.57. The highest BCUT2D eigenvalue weighted by atomic mass is 79.9. The number of aromatic nitrogens is 2. The monoisotopic (exact) mass is 369 g/mol. The molecule has 0 fully saturated rings. The van der Waals surface area contributed by atoms with E-state index in [0.29, 0.717) is 12.1 Å². The number of carbonyl (C=O) groups is 1. The van der Waals surface area contributed by atoms with Gasteiger partial charge in [-0.1, -0.05) is 42.5 Å². The van der Waals surface area contributed by atoms with Crippen molar-refractivity contribution in [3.8, 4) is 11.1 Å². The van der Waals surface area contributed by atoms with E-state index >= 15 is 0 Å². The van der Waals surface area contributed by atoms with Crippen LogP contribution in [0.3, 0.4) is 0 Å². The van der Waals surface area contributed by atoms with Gasteiger partial charge in [0.25, 0.3) is 5.91 Å². The molecule has 0 aliphatic carbocycles. The summed E-state index contributed by atoms with van der Waals surface area (Å²) in [6.07, 6.45) is 1.72. The Morgan fingerprint density at radius 1 is 1.09 bits per heavy atom. The molecule has 0 unspecified atom stereocenters. The molecular formula is C18H16BrN3O. The molecule has 116 valence electrons. The predicted octanol–water partition coefficient (Wildman–Crippen LogP) is 3.78. The molecule has 0 saturated carbocycles. The Bertz CT molecular complexity index is 791. The zero-order valence-corrected chi connectivity index (χ0v) is 14.2. The summed E-state index contributed by atoms with van der Waals surface area (Å²) >= 11 is 3.42. The molecule has 3 aromatic rings. The summed E-state index contributed by atoms with van der Waals surface area (Å²) in [7, 11) is 1.85. The minimum atomic E-state index is -0.0993. The highest BCUT2D eigenvalue weighted by Gasteiger charge is 2.10. The van der Waals surface area contributed by atoms with Gasteiger partial charge in [-0.15, -0.1) is 0 Å². The summed E-state index contributed by atoms with van der Waals surface area (Å²) in [6.45, 7) is 0.427. The first-order chi connectivity index (χ1) is 11.1. The van der Waals surface area contributed by atoms with Gasteiger partial charge in [0.2, 0.25) is 0 Å². The zero-order chi connectivity index (χ0) is 16.2. The molecule has 0 aliphatic rings. The van der Waals surface area contributed by atoms with E-state index in [4.69, 9.17) is 0 Å². The molecule has 1 aromatic heterocycles. The number of rotatable bonds is 4. The van der Waals surface area contributed by atoms with Crippen LogP contribution in [0.15, 0.2) is 65.3 Å². The quantitative estimate of drug-likeness (QED) is 0.760. The number of halogens is 1. The lowest BCUT2D eigenvalue weighted by Crippen LogP contribution is -2.24. The fourth-order valence-electron chi connectivity index (χ4n) is 2.35. The van der Waals surface area contributed by atoms with E-state index in [1.165, 1.54) is 0 Å². The molecule has 0 aliphatic heterocycles. The van der Waals surface area contributed by atoms with Crippen LogP contribution in [-0.2, 0) is 13.6 Å². The summed E-state index contributed by atoms with van der Waals surface area (Å²) in [6, 6.07) is 17.7. The van der Waals surface area contributed by atoms with Crippen LogP contribution in [-0.4, -0.2) is 15.7 Å². The third-order valence-corrected chi connectivity index (χ3v) is 4.34. The third-order valence-electron chi connectivity index (χ3n) is 3.68. The van der Waals surface area contributed by atoms with E-state index in [0.717, 1.165) is 21.3 Å². The zero-order valence-electron chi connectivity index (χ0n) is 12.7. The lowest BCUT2D eigenvalue weighted by molar-refractivity contribution is 0.0950. The Morgan fingerprint density at radius 3 is 2.35 bits per heavy atom. The summed E-state index contributed by atoms with van der Waals surface area (Å²) < 4.78 is 2.63. The van der Waals surface area contributed by atoms with Crippen molar-refractivity contribution in [2.75, 3.05) is 0 Å². The van der Waals surface area contributed by atoms with Gasteiger partial charge in [0.1, 0.15) is 0 Å². The molecule has 0 atom stereocenters. The summed E-state index contributed by atoms with van der Waals surface area (Å²) in [4.78, 5) is 12.3. The number of nitrogens with one attached hydrogen (secondary N) is 1. The highest BCUT2D eigenvalue weighted by Crippen LogP contribution is 2.19. The second-order valence-electron chi connectivity index (χ2n) is 5.19. The van der Waals surface area contributed by atoms with Crippen LogP contribution in [0, 0.1) is 0 Å². The average Bonchev–Trinajstić information content (AvgIpc) is 2.92. The van der Waals surface area contributed by atoms with Gasteiger partial charge in [0.05, 0.1) is 22.9 Å². The van der Waals surface area contributed by atoms with Gasteiger partial charge < -0.3 is 5.32 Å². The first-order valence-corrected chi connectivity index (χ1v) is 8.04. The Balaban J connectivity index is 1.69. The maximum Gasteiger partial charge on any atom is 0.251 e. The Morgan fingerprint density at radius 2 is 1.74 bits per heavy atom. The number of amides is 1. The van der Waals surface area contributed by atoms with E-state index < -0.39 is 0 Å². The van der Waals surface area contributed by atoms with Crippen molar-refractivity contribution in [3.63, 3.8) is 0 Å². The largest absolute Gasteiger partial charge is 0.346 e. The maximum absolute atomic E-state index is 12.3. The van der Waals surface area contributed by atoms with Gasteiger partial charge in [-0.2, -0.15) is 5.10 Å². The van der Waals surface area contributed by atoms with Crippen LogP contribution in [0.1, 0.15) is 16.1 Å². The molecule has 3 rings (SSSR count). The van der Waals surface area contributed by atoms with E-state index in [2.05, 4.69) is 38.5 Å². The summed E-state index contributed by atoms with van der Waals surface area (Å²) in [5.74, 6) is -0.0993. The predicted molar refractivity (Wildman–Crippen MR) is 94.0 cm³/mol. The van der Waals surface area contributed by atoms with Gasteiger partial charge in [0, 0.05) is 12.6 Å². The van der Waals surface area contributed by atoms with Gasteiger partial charge in [-0.05, 0) is 39.2 Å². The second-order valence-corrected chi connectivity index (χ2v) is 6.04. The van der Waals surface area contributed by atoms with Gasteiger partial charge in [0.15, 0.2) is 0 Å². The first kappa shape index (κ1) is 15.5. The third kappa shape index (κ3) is 3.51. The summed E-state index contributed by atoms with van der Waals surface area (Å²) in [5, 5.41) is 7.04. The first-order valence-electron chi connectivity index (χ1n) is 7.25. The minimum absolute atomic E-state index is 0.0993. The fourth-order valence-corrected chi connectivity index (χ4v) is 2.83. The van der Waals surface area contributed by atoms with Crippen molar-refractivity contribution in [1.29, 1.82) is 0 Å². The average molecular weight is 370 g/mol. The van der Waals surface area contributed by atoms with Crippen LogP contribution in [0.2, 0.25) is 0 Å². The standard InChI is InChI=1S/C18H16BrN3O/c1-22-17(16(19)11-21-22)12-20-18(23)15-9-7-14(8-10-15)13-5-3-2-4-6-13/h2-11H,12H2,1H3,(H,20,23). The van der Waals surface area contributed by atoms with Crippen molar-refractivity contribution in [2.45, 2.75) is 6.54 Å². The molecule has 5 heteroatoms. The molecule has 0 saturated heterocycles. The Hall–Kier alpha value is -2.40. The van der Waals surface area contributed by atoms with Crippen molar-refractivity contribution in [2.24, 2.45) is 7.05 Å². The lowest BCUT2D eigenvalue weighted by atomic mass is 10.0. The number of nitrogens with zero attached hydrogens (tertiary/aromatic N) is 2. The van der Waals surface area contributed by atoms with E-state index in [1.54, 1.807) is 10.9 Å².